The fourth-order valence-corrected chi connectivity index (χ4v) is 16.2. The molecule has 0 radical (unpaired) electrons. The van der Waals surface area contributed by atoms with Crippen LogP contribution in [0.3, 0.4) is 0 Å². The molecule has 2 saturated carbocycles. The van der Waals surface area contributed by atoms with Gasteiger partial charge in [0.25, 0.3) is 5.91 Å². The topological polar surface area (TPSA) is 208 Å². The predicted octanol–water partition coefficient (Wildman–Crippen LogP) is 8.84. The molecule has 3 saturated heterocycles. The molecule has 24 nitrogen and oxygen atoms in total. The van der Waals surface area contributed by atoms with Crippen LogP contribution in [0, 0.1) is 5.92 Å². The Bertz CT molecular complexity index is 4500. The number of nitrogens with zero attached hydrogens (tertiary/aromatic N) is 20. The molecule has 12 heterocycles. The lowest BCUT2D eigenvalue weighted by Crippen LogP contribution is -2.59. The average Bonchev–Trinajstić information content (AvgIpc) is 1.58. The number of hydrogen-bond donors (Lipinski definition) is 0. The summed E-state index contributed by atoms with van der Waals surface area (Å²) in [5, 5.41) is 4.75. The lowest BCUT2D eigenvalue weighted by Gasteiger charge is -2.34. The van der Waals surface area contributed by atoms with Crippen LogP contribution < -0.4 is 4.90 Å². The lowest BCUT2D eigenvalue weighted by molar-refractivity contribution is -0.570. The Hall–Kier alpha value is -10.1. The van der Waals surface area contributed by atoms with E-state index in [1.54, 1.807) is 26.6 Å². The van der Waals surface area contributed by atoms with E-state index < -0.39 is 0 Å². The fraction of sp³-hybridized carbons (Fsp3) is 0.481. The fourth-order valence-electron chi connectivity index (χ4n) is 16.2. The third kappa shape index (κ3) is 12.8. The maximum atomic E-state index is 13.2. The van der Waals surface area contributed by atoms with Crippen LogP contribution in [-0.2, 0) is 47.5 Å². The summed E-state index contributed by atoms with van der Waals surface area (Å²) in [4.78, 5) is 101. The molecular weight excluding hydrogens is 1290 g/mol. The third-order valence-corrected chi connectivity index (χ3v) is 21.7. The number of amidine groups is 3. The van der Waals surface area contributed by atoms with Crippen molar-refractivity contribution in [2.24, 2.45) is 47.9 Å². The van der Waals surface area contributed by atoms with E-state index in [0.717, 1.165) is 103 Å². The maximum Gasteiger partial charge on any atom is 0.328 e. The number of fused-ring (bicyclic) bond motifs is 14. The van der Waals surface area contributed by atoms with E-state index in [1.165, 1.54) is 41.5 Å². The first kappa shape index (κ1) is 72.7. The highest BCUT2D eigenvalue weighted by atomic mass is 16.2. The summed E-state index contributed by atoms with van der Waals surface area (Å²) in [6.45, 7) is 19.1. The van der Waals surface area contributed by atoms with Gasteiger partial charge >= 0.3 is 34.9 Å². The van der Waals surface area contributed by atoms with Gasteiger partial charge in [0.05, 0.1) is 54.5 Å². The van der Waals surface area contributed by atoms with Gasteiger partial charge in [0.1, 0.15) is 5.56 Å². The molecule has 11 aliphatic heterocycles. The zero-order chi connectivity index (χ0) is 69.8. The second-order valence-corrected chi connectivity index (χ2v) is 29.5. The summed E-state index contributed by atoms with van der Waals surface area (Å²) < 4.78 is 8.18. The standard InChI is InChI=1S/C20H24N5O.C19H21N5O.C19H24N5O.C18H22N5O.3CH4/c1-14-21-17-16(24(14)12-15-8-4-3-5-9-15)18(26)23(2)19-22-20(13-25(17)19)10-6-7-11-20;1-22-18(25)16-15(11-12-7-4-3-5-8-12)23(2)21-17(16)24-14-10-6-9-13(14)20-19(22)24;1-12(2)15-11-24-17-16(18(25)22(4)19(24)21-15)23(13(3)20-17)10-14-8-6-5-7-9-14;1-12-19-15-14(22(12)10-13-8-6-5-7-9-13)16(24)21(4)17-20-18(2,3)11-23(15)17;;;/h3-5,8-9,14H,6-7,10-13H2,1-2H3;3-5,7-8,13-14H,6,9-11H2,1-2H3;5-9,12-13,15H,10-11H2,1-4H3;5-9,12H,10-11H2,1-4H3;3*1H4/q+1;;2*+1;;;/t;13-,14+;13?,15-;;;;/m.10..../s1. The van der Waals surface area contributed by atoms with Crippen LogP contribution in [0.5, 0.6) is 0 Å². The number of benzene rings is 4. The second-order valence-electron chi connectivity index (χ2n) is 29.5. The first-order chi connectivity index (χ1) is 48.1. The van der Waals surface area contributed by atoms with Crippen molar-refractivity contribution in [1.82, 2.24) is 44.1 Å². The van der Waals surface area contributed by atoms with Crippen LogP contribution in [0.4, 0.5) is 5.82 Å². The molecule has 5 fully saturated rings. The molecule has 24 heteroatoms. The Morgan fingerprint density at radius 3 is 1.39 bits per heavy atom. The van der Waals surface area contributed by atoms with Gasteiger partial charge in [-0.2, -0.15) is 33.8 Å². The minimum absolute atomic E-state index is 0. The summed E-state index contributed by atoms with van der Waals surface area (Å²) >= 11 is 0. The highest BCUT2D eigenvalue weighted by Crippen LogP contribution is 2.43. The highest BCUT2D eigenvalue weighted by Gasteiger charge is 2.57. The molecule has 103 heavy (non-hydrogen) atoms. The van der Waals surface area contributed by atoms with Gasteiger partial charge in [-0.05, 0) is 57.4 Å². The molecule has 1 spiro atoms. The molecule has 4 aromatic carbocycles. The molecule has 18 rings (SSSR count). The van der Waals surface area contributed by atoms with Crippen LogP contribution in [-0.4, -0.2) is 235 Å². The van der Waals surface area contributed by atoms with Crippen molar-refractivity contribution in [3.05, 3.63) is 155 Å². The number of anilines is 1. The largest absolute Gasteiger partial charge is 0.328 e. The molecule has 6 atom stereocenters. The van der Waals surface area contributed by atoms with E-state index >= 15 is 0 Å². The number of aryl methyl sites for hydroxylation is 1. The summed E-state index contributed by atoms with van der Waals surface area (Å²) in [7, 11) is 9.21. The SMILES string of the molecule is C.C.C.CC(C)[C@@H]1CN2C3=NC(C)[N+](Cc4ccccc4)=C3C(=O)N(C)C2=N1.CC1N=C2C(=[N+]1Cc1ccccc1)C(=O)N(C)C1=NC(C)(C)CN21.CC1N=C2C(=[N+]1Cc1ccccc1)C(=O)N(C)C1=NC3(CCCC3)CN21.CN1C(=O)c2c(nn(C)c2Cc2ccccc2)N2C1=N[C@@H]1CCC[C@@H]12. The van der Waals surface area contributed by atoms with Gasteiger partial charge in [-0.1, -0.05) is 170 Å². The van der Waals surface area contributed by atoms with Crippen molar-refractivity contribution >= 4 is 87.9 Å². The van der Waals surface area contributed by atoms with Crippen LogP contribution in [0.15, 0.2) is 156 Å². The van der Waals surface area contributed by atoms with Crippen LogP contribution >= 0.6 is 0 Å². The molecule has 13 aliphatic rings. The van der Waals surface area contributed by atoms with E-state index in [0.29, 0.717) is 61.4 Å². The molecule has 2 aliphatic carbocycles. The van der Waals surface area contributed by atoms with Crippen molar-refractivity contribution in [3.63, 3.8) is 0 Å². The van der Waals surface area contributed by atoms with E-state index in [9.17, 15) is 19.2 Å². The number of guanidine groups is 4. The highest BCUT2D eigenvalue weighted by molar-refractivity contribution is 6.70. The van der Waals surface area contributed by atoms with Gasteiger partial charge in [0, 0.05) is 79.1 Å². The Balaban J connectivity index is 0.000000128. The van der Waals surface area contributed by atoms with Crippen molar-refractivity contribution in [2.75, 3.05) is 52.7 Å². The molecule has 3 unspecified atom stereocenters. The minimum atomic E-state index is -0.210. The lowest BCUT2D eigenvalue weighted by atomic mass is 9.99. The normalized spacial score (nSPS) is 24.5. The quantitative estimate of drug-likeness (QED) is 0.129. The number of hydrogen-bond acceptors (Lipinski definition) is 16. The molecular formula is C79H103N20O4+3. The zero-order valence-corrected chi connectivity index (χ0v) is 59.6. The molecule has 1 aromatic heterocycles. The van der Waals surface area contributed by atoms with E-state index in [4.69, 9.17) is 40.0 Å². The van der Waals surface area contributed by atoms with Crippen molar-refractivity contribution in [1.29, 1.82) is 0 Å². The van der Waals surface area contributed by atoms with E-state index in [1.807, 2.05) is 120 Å². The van der Waals surface area contributed by atoms with Crippen molar-refractivity contribution in [3.8, 4) is 0 Å². The number of amides is 4. The smallest absolute Gasteiger partial charge is 0.289 e. The maximum absolute atomic E-state index is 13.2. The molecule has 0 bridgehead atoms. The number of rotatable bonds is 9. The Labute approximate surface area is 607 Å². The third-order valence-electron chi connectivity index (χ3n) is 21.7. The van der Waals surface area contributed by atoms with Crippen LogP contribution in [0.1, 0.15) is 154 Å². The van der Waals surface area contributed by atoms with Gasteiger partial charge in [0.2, 0.25) is 59.8 Å². The van der Waals surface area contributed by atoms with Crippen molar-refractivity contribution in [2.45, 2.75) is 189 Å². The van der Waals surface area contributed by atoms with Gasteiger partial charge < -0.3 is 0 Å². The number of aromatic nitrogens is 2. The summed E-state index contributed by atoms with van der Waals surface area (Å²) in [6.07, 6.45) is 8.63. The predicted molar refractivity (Wildman–Crippen MR) is 408 cm³/mol. The summed E-state index contributed by atoms with van der Waals surface area (Å²) in [5.41, 5.74) is 8.30. The number of carbonyl (C=O) groups excluding carboxylic acids is 4. The van der Waals surface area contributed by atoms with Gasteiger partial charge in [0.15, 0.2) is 25.5 Å². The van der Waals surface area contributed by atoms with Crippen LogP contribution in [0.2, 0.25) is 0 Å². The molecule has 540 valence electrons. The Morgan fingerprint density at radius 1 is 0.485 bits per heavy atom. The first-order valence-corrected chi connectivity index (χ1v) is 35.5. The molecule has 4 amide bonds. The zero-order valence-electron chi connectivity index (χ0n) is 59.6. The molecule has 0 N–H and O–H groups in total. The molecule has 5 aromatic rings. The van der Waals surface area contributed by atoms with Gasteiger partial charge in [-0.25, -0.2) is 20.0 Å². The Morgan fingerprint density at radius 2 is 0.913 bits per heavy atom. The second kappa shape index (κ2) is 28.2. The summed E-state index contributed by atoms with van der Waals surface area (Å²) in [6, 6.07) is 41.8. The average molecular weight is 1400 g/mol. The first-order valence-electron chi connectivity index (χ1n) is 35.5. The van der Waals surface area contributed by atoms with Gasteiger partial charge in [-0.3, -0.25) is 63.1 Å². The van der Waals surface area contributed by atoms with E-state index in [-0.39, 0.29) is 81.5 Å². The number of carbonyl (C=O) groups is 4. The van der Waals surface area contributed by atoms with Crippen LogP contribution in [0.25, 0.3) is 0 Å². The van der Waals surface area contributed by atoms with Gasteiger partial charge in [-0.15, -0.1) is 0 Å². The number of aliphatic imine (C=N–C) groups is 7. The van der Waals surface area contributed by atoms with E-state index in [2.05, 4.69) is 116 Å². The summed E-state index contributed by atoms with van der Waals surface area (Å²) in [5.74, 6) is 6.58. The monoisotopic (exact) mass is 1400 g/mol. The van der Waals surface area contributed by atoms with Crippen molar-refractivity contribution < 1.29 is 32.9 Å². The Kier molecular flexibility index (Phi) is 19.9. The minimum Gasteiger partial charge on any atom is -0.289 e.